The van der Waals surface area contributed by atoms with Crippen LogP contribution in [0.4, 0.5) is 8.78 Å². The van der Waals surface area contributed by atoms with E-state index in [-0.39, 0.29) is 23.3 Å². The zero-order valence-electron chi connectivity index (χ0n) is 11.6. The molecule has 8 heteroatoms. The molecule has 2 aromatic rings. The molecular weight excluding hydrogens is 288 g/mol. The molecule has 114 valence electrons. The second-order valence-electron chi connectivity index (χ2n) is 4.03. The minimum absolute atomic E-state index is 0.0125. The van der Waals surface area contributed by atoms with E-state index in [9.17, 15) is 13.6 Å². The van der Waals surface area contributed by atoms with Crippen LogP contribution >= 0.6 is 0 Å². The Bertz CT molecular complexity index is 666. The topological polar surface area (TPSA) is 70.8 Å². The molecule has 1 aromatic carbocycles. The van der Waals surface area contributed by atoms with E-state index in [0.29, 0.717) is 0 Å². The van der Waals surface area contributed by atoms with Crippen molar-refractivity contribution in [2.75, 3.05) is 20.8 Å². The molecule has 0 saturated heterocycles. The molecule has 0 fully saturated rings. The Morgan fingerprint density at radius 2 is 2.00 bits per heavy atom. The van der Waals surface area contributed by atoms with E-state index in [1.807, 2.05) is 0 Å². The summed E-state index contributed by atoms with van der Waals surface area (Å²) in [4.78, 5) is 11.7. The van der Waals surface area contributed by atoms with E-state index in [1.165, 1.54) is 20.3 Å². The third-order valence-electron chi connectivity index (χ3n) is 2.82. The summed E-state index contributed by atoms with van der Waals surface area (Å²) < 4.78 is 47.2. The van der Waals surface area contributed by atoms with Gasteiger partial charge in [-0.25, -0.2) is 9.18 Å². The zero-order chi connectivity index (χ0) is 15.6. The molecule has 0 aliphatic rings. The Morgan fingerprint density at radius 3 is 2.57 bits per heavy atom. The van der Waals surface area contributed by atoms with Gasteiger partial charge in [0, 0.05) is 19.8 Å². The molecule has 0 amide bonds. The number of halogens is 2. The summed E-state index contributed by atoms with van der Waals surface area (Å²) in [6.07, 6.45) is -1.13. The lowest BCUT2D eigenvalue weighted by molar-refractivity contribution is -0.108. The van der Waals surface area contributed by atoms with Crippen molar-refractivity contribution in [2.24, 2.45) is 0 Å². The van der Waals surface area contributed by atoms with Gasteiger partial charge in [-0.3, -0.25) is 0 Å². The second-order valence-corrected chi connectivity index (χ2v) is 4.03. The zero-order valence-corrected chi connectivity index (χ0v) is 11.6. The number of aromatic nitrogens is 1. The van der Waals surface area contributed by atoms with Gasteiger partial charge in [0.15, 0.2) is 17.8 Å². The predicted molar refractivity (Wildman–Crippen MR) is 66.6 cm³/mol. The number of hydrogen-bond donors (Lipinski definition) is 0. The highest BCUT2D eigenvalue weighted by atomic mass is 19.2. The first kappa shape index (κ1) is 15.3. The molecule has 0 radical (unpaired) electrons. The van der Waals surface area contributed by atoms with Gasteiger partial charge in [-0.2, -0.15) is 4.39 Å². The van der Waals surface area contributed by atoms with Crippen molar-refractivity contribution in [1.29, 1.82) is 0 Å². The van der Waals surface area contributed by atoms with Crippen molar-refractivity contribution < 1.29 is 32.3 Å². The van der Waals surface area contributed by atoms with Crippen molar-refractivity contribution in [1.82, 2.24) is 5.16 Å². The summed E-state index contributed by atoms with van der Waals surface area (Å²) in [7, 11) is 2.55. The van der Waals surface area contributed by atoms with Gasteiger partial charge in [-0.1, -0.05) is 5.16 Å². The van der Waals surface area contributed by atoms with Crippen LogP contribution < -0.4 is 0 Å². The maximum atomic E-state index is 14.0. The fraction of sp³-hybridized carbons (Fsp3) is 0.385. The van der Waals surface area contributed by atoms with Gasteiger partial charge in [-0.05, 0) is 13.0 Å². The number of methoxy groups -OCH3 is 2. The van der Waals surface area contributed by atoms with E-state index in [4.69, 9.17) is 14.2 Å². The lowest BCUT2D eigenvalue weighted by Crippen LogP contribution is -2.09. The van der Waals surface area contributed by atoms with E-state index >= 15 is 0 Å². The van der Waals surface area contributed by atoms with Gasteiger partial charge < -0.3 is 18.7 Å². The van der Waals surface area contributed by atoms with Gasteiger partial charge in [-0.15, -0.1) is 0 Å². The van der Waals surface area contributed by atoms with Crippen LogP contribution in [-0.2, 0) is 14.2 Å². The van der Waals surface area contributed by atoms with E-state index < -0.39 is 29.5 Å². The number of fused-ring (bicyclic) bond motifs is 1. The highest BCUT2D eigenvalue weighted by Gasteiger charge is 2.27. The van der Waals surface area contributed by atoms with Gasteiger partial charge in [0.2, 0.25) is 11.4 Å². The Kier molecular flexibility index (Phi) is 4.49. The van der Waals surface area contributed by atoms with Crippen molar-refractivity contribution in [2.45, 2.75) is 13.2 Å². The average Bonchev–Trinajstić information content (AvgIpc) is 2.89. The largest absolute Gasteiger partial charge is 0.461 e. The van der Waals surface area contributed by atoms with Crippen LogP contribution in [0.15, 0.2) is 10.6 Å². The second kappa shape index (κ2) is 6.15. The smallest absolute Gasteiger partial charge is 0.361 e. The van der Waals surface area contributed by atoms with Crippen LogP contribution in [-0.4, -0.2) is 32.0 Å². The molecule has 21 heavy (non-hydrogen) atoms. The molecular formula is C13H13F2NO5. The summed E-state index contributed by atoms with van der Waals surface area (Å²) >= 11 is 0. The first-order chi connectivity index (χ1) is 10.0. The van der Waals surface area contributed by atoms with Gasteiger partial charge in [0.05, 0.1) is 12.0 Å². The summed E-state index contributed by atoms with van der Waals surface area (Å²) in [6, 6.07) is 1.19. The van der Waals surface area contributed by atoms with Gasteiger partial charge in [0.1, 0.15) is 0 Å². The molecule has 0 spiro atoms. The SMILES string of the molecule is CCOC(=O)c1noc2c(F)c(F)c(C(OC)OC)cc12. The average molecular weight is 301 g/mol. The van der Waals surface area contributed by atoms with Crippen LogP contribution in [0.2, 0.25) is 0 Å². The molecule has 0 N–H and O–H groups in total. The lowest BCUT2D eigenvalue weighted by Gasteiger charge is -2.14. The van der Waals surface area contributed by atoms with Crippen molar-refractivity contribution in [3.63, 3.8) is 0 Å². The number of carbonyl (C=O) groups excluding carboxylic acids is 1. The third-order valence-corrected chi connectivity index (χ3v) is 2.82. The molecule has 2 rings (SSSR count). The van der Waals surface area contributed by atoms with E-state index in [0.717, 1.165) is 0 Å². The first-order valence-corrected chi connectivity index (χ1v) is 6.05. The summed E-state index contributed by atoms with van der Waals surface area (Å²) in [6.45, 7) is 1.72. The Labute approximate surface area is 118 Å². The quantitative estimate of drug-likeness (QED) is 0.624. The van der Waals surface area contributed by atoms with Crippen LogP contribution in [0.1, 0.15) is 29.3 Å². The van der Waals surface area contributed by atoms with Crippen LogP contribution in [0.3, 0.4) is 0 Å². The summed E-state index contributed by atoms with van der Waals surface area (Å²) in [5.74, 6) is -3.26. The number of carbonyl (C=O) groups is 1. The lowest BCUT2D eigenvalue weighted by atomic mass is 10.1. The van der Waals surface area contributed by atoms with Crippen LogP contribution in [0.5, 0.6) is 0 Å². The monoisotopic (exact) mass is 301 g/mol. The minimum Gasteiger partial charge on any atom is -0.461 e. The molecule has 0 atom stereocenters. The Morgan fingerprint density at radius 1 is 1.33 bits per heavy atom. The highest BCUT2D eigenvalue weighted by Crippen LogP contribution is 2.31. The molecule has 0 aliphatic heterocycles. The fourth-order valence-electron chi connectivity index (χ4n) is 1.90. The number of nitrogens with zero attached hydrogens (tertiary/aromatic N) is 1. The maximum absolute atomic E-state index is 14.0. The summed E-state index contributed by atoms with van der Waals surface area (Å²) in [5, 5.41) is 3.42. The maximum Gasteiger partial charge on any atom is 0.361 e. The number of esters is 1. The van der Waals surface area contributed by atoms with Crippen molar-refractivity contribution in [3.05, 3.63) is 29.0 Å². The molecule has 1 heterocycles. The molecule has 0 bridgehead atoms. The molecule has 0 unspecified atom stereocenters. The minimum atomic E-state index is -1.27. The number of benzene rings is 1. The number of ether oxygens (including phenoxy) is 3. The van der Waals surface area contributed by atoms with Crippen LogP contribution in [0.25, 0.3) is 11.0 Å². The van der Waals surface area contributed by atoms with E-state index in [2.05, 4.69) is 9.68 Å². The van der Waals surface area contributed by atoms with E-state index in [1.54, 1.807) is 6.92 Å². The molecule has 0 saturated carbocycles. The van der Waals surface area contributed by atoms with Crippen molar-refractivity contribution in [3.8, 4) is 0 Å². The van der Waals surface area contributed by atoms with Gasteiger partial charge in [0.25, 0.3) is 0 Å². The van der Waals surface area contributed by atoms with Crippen LogP contribution in [0, 0.1) is 11.6 Å². The first-order valence-electron chi connectivity index (χ1n) is 6.05. The number of hydrogen-bond acceptors (Lipinski definition) is 6. The normalized spacial score (nSPS) is 11.3. The highest BCUT2D eigenvalue weighted by molar-refractivity contribution is 6.01. The molecule has 1 aromatic heterocycles. The Hall–Kier alpha value is -2.06. The fourth-order valence-corrected chi connectivity index (χ4v) is 1.90. The molecule has 6 nitrogen and oxygen atoms in total. The number of rotatable bonds is 5. The Balaban J connectivity index is 2.65. The summed E-state index contributed by atoms with van der Waals surface area (Å²) in [5.41, 5.74) is -0.915. The van der Waals surface area contributed by atoms with Crippen molar-refractivity contribution >= 4 is 16.9 Å². The standard InChI is InChI=1S/C13H13F2NO5/c1-4-20-12(17)10-7-5-6(13(18-2)19-3)8(14)9(15)11(7)21-16-10/h5,13H,4H2,1-3H3. The van der Waals surface area contributed by atoms with Gasteiger partial charge >= 0.3 is 5.97 Å². The third kappa shape index (κ3) is 2.59. The molecule has 0 aliphatic carbocycles. The predicted octanol–water partition coefficient (Wildman–Crippen LogP) is 2.57.